The van der Waals surface area contributed by atoms with Crippen molar-refractivity contribution in [3.63, 3.8) is 0 Å². The van der Waals surface area contributed by atoms with Gasteiger partial charge in [-0.2, -0.15) is 0 Å². The Balaban J connectivity index is 1.55. The van der Waals surface area contributed by atoms with Gasteiger partial charge in [0.1, 0.15) is 5.82 Å². The molecule has 3 rings (SSSR count). The zero-order chi connectivity index (χ0) is 18.4. The van der Waals surface area contributed by atoms with Gasteiger partial charge >= 0.3 is 0 Å². The molecule has 0 N–H and O–H groups in total. The molecule has 0 saturated heterocycles. The van der Waals surface area contributed by atoms with Crippen LogP contribution in [0.4, 0.5) is 4.39 Å². The molecule has 0 aromatic heterocycles. The second-order valence-corrected chi connectivity index (χ2v) is 7.99. The van der Waals surface area contributed by atoms with Crippen molar-refractivity contribution in [2.75, 3.05) is 0 Å². The Hall–Kier alpha value is -1.63. The fourth-order valence-corrected chi connectivity index (χ4v) is 4.24. The van der Waals surface area contributed by atoms with Crippen LogP contribution in [0.15, 0.2) is 36.4 Å². The van der Waals surface area contributed by atoms with Gasteiger partial charge in [0, 0.05) is 0 Å². The van der Waals surface area contributed by atoms with E-state index in [-0.39, 0.29) is 5.82 Å². The molecule has 0 saturated carbocycles. The van der Waals surface area contributed by atoms with Crippen molar-refractivity contribution >= 4 is 0 Å². The molecule has 1 aliphatic rings. The lowest BCUT2D eigenvalue weighted by Gasteiger charge is -2.25. The Morgan fingerprint density at radius 1 is 0.923 bits per heavy atom. The van der Waals surface area contributed by atoms with Crippen LogP contribution in [0.5, 0.6) is 0 Å². The maximum absolute atomic E-state index is 14.2. The predicted octanol–water partition coefficient (Wildman–Crippen LogP) is 6.86. The number of benzene rings is 2. The van der Waals surface area contributed by atoms with Gasteiger partial charge in [-0.1, -0.05) is 57.0 Å². The van der Waals surface area contributed by atoms with E-state index >= 15 is 0 Å². The van der Waals surface area contributed by atoms with E-state index in [1.165, 1.54) is 56.1 Å². The first kappa shape index (κ1) is 19.1. The lowest BCUT2D eigenvalue weighted by molar-refractivity contribution is 0.423. The van der Waals surface area contributed by atoms with Crippen molar-refractivity contribution in [1.29, 1.82) is 0 Å². The minimum Gasteiger partial charge on any atom is -0.207 e. The van der Waals surface area contributed by atoms with Crippen LogP contribution in [0.3, 0.4) is 0 Å². The fraction of sp³-hybridized carbons (Fsp3) is 0.520. The molecule has 0 radical (unpaired) electrons. The summed E-state index contributed by atoms with van der Waals surface area (Å²) in [6.45, 7) is 4.33. The van der Waals surface area contributed by atoms with Gasteiger partial charge in [-0.25, -0.2) is 4.39 Å². The standard InChI is InChI=1S/C25H33F/c1-3-5-6-7-20-10-14-24-17-21(11-15-23(24)16-20)9-13-22-12-8-19(4-2)18-25(22)26/h8,10,12,14,16,18,21H,3-7,9,11,13,15,17H2,1-2H3. The monoisotopic (exact) mass is 352 g/mol. The first-order valence-electron chi connectivity index (χ1n) is 10.6. The Labute approximate surface area is 158 Å². The minimum atomic E-state index is -0.0164. The number of hydrogen-bond acceptors (Lipinski definition) is 0. The minimum absolute atomic E-state index is 0.0164. The number of fused-ring (bicyclic) bond motifs is 1. The first-order valence-corrected chi connectivity index (χ1v) is 10.6. The molecule has 1 heteroatoms. The van der Waals surface area contributed by atoms with Crippen LogP contribution in [0.1, 0.15) is 73.8 Å². The van der Waals surface area contributed by atoms with E-state index in [2.05, 4.69) is 38.1 Å². The van der Waals surface area contributed by atoms with Crippen LogP contribution in [-0.4, -0.2) is 0 Å². The van der Waals surface area contributed by atoms with E-state index < -0.39 is 0 Å². The van der Waals surface area contributed by atoms with Gasteiger partial charge in [0.05, 0.1) is 0 Å². The van der Waals surface area contributed by atoms with E-state index in [4.69, 9.17) is 0 Å². The number of aryl methyl sites for hydroxylation is 4. The van der Waals surface area contributed by atoms with Gasteiger partial charge in [-0.05, 0) is 91.2 Å². The first-order chi connectivity index (χ1) is 12.7. The average Bonchev–Trinajstić information content (AvgIpc) is 2.67. The topological polar surface area (TPSA) is 0 Å². The summed E-state index contributed by atoms with van der Waals surface area (Å²) in [7, 11) is 0. The number of halogens is 1. The third kappa shape index (κ3) is 4.96. The van der Waals surface area contributed by atoms with Crippen molar-refractivity contribution in [2.24, 2.45) is 5.92 Å². The molecule has 0 heterocycles. The van der Waals surface area contributed by atoms with Gasteiger partial charge in [0.15, 0.2) is 0 Å². The molecule has 1 atom stereocenters. The van der Waals surface area contributed by atoms with Crippen molar-refractivity contribution in [1.82, 2.24) is 0 Å². The molecule has 26 heavy (non-hydrogen) atoms. The highest BCUT2D eigenvalue weighted by atomic mass is 19.1. The fourth-order valence-electron chi connectivity index (χ4n) is 4.24. The van der Waals surface area contributed by atoms with Crippen molar-refractivity contribution in [2.45, 2.75) is 78.1 Å². The summed E-state index contributed by atoms with van der Waals surface area (Å²) >= 11 is 0. The predicted molar refractivity (Wildman–Crippen MR) is 109 cm³/mol. The number of unbranched alkanes of at least 4 members (excludes halogenated alkanes) is 2. The Kier molecular flexibility index (Phi) is 6.88. The van der Waals surface area contributed by atoms with Crippen LogP contribution in [-0.2, 0) is 32.1 Å². The highest BCUT2D eigenvalue weighted by Gasteiger charge is 2.19. The summed E-state index contributed by atoms with van der Waals surface area (Å²) < 4.78 is 14.2. The van der Waals surface area contributed by atoms with Gasteiger partial charge in [0.25, 0.3) is 0 Å². The van der Waals surface area contributed by atoms with Crippen molar-refractivity contribution in [3.05, 3.63) is 70.0 Å². The van der Waals surface area contributed by atoms with E-state index in [0.717, 1.165) is 30.4 Å². The summed E-state index contributed by atoms with van der Waals surface area (Å²) in [6, 6.07) is 12.9. The third-order valence-corrected chi connectivity index (χ3v) is 6.02. The lowest BCUT2D eigenvalue weighted by Crippen LogP contribution is -2.15. The zero-order valence-electron chi connectivity index (χ0n) is 16.5. The van der Waals surface area contributed by atoms with E-state index in [0.29, 0.717) is 5.92 Å². The molecule has 0 spiro atoms. The molecule has 0 bridgehead atoms. The highest BCUT2D eigenvalue weighted by Crippen LogP contribution is 2.30. The summed E-state index contributed by atoms with van der Waals surface area (Å²) in [5.41, 5.74) is 6.58. The Morgan fingerprint density at radius 2 is 1.77 bits per heavy atom. The third-order valence-electron chi connectivity index (χ3n) is 6.02. The van der Waals surface area contributed by atoms with Crippen LogP contribution < -0.4 is 0 Å². The lowest BCUT2D eigenvalue weighted by atomic mass is 9.80. The SMILES string of the molecule is CCCCCc1ccc2c(c1)CCC(CCc1ccc(CC)cc1F)C2. The summed E-state index contributed by atoms with van der Waals surface area (Å²) in [5, 5.41) is 0. The molecule has 0 amide bonds. The van der Waals surface area contributed by atoms with Crippen molar-refractivity contribution < 1.29 is 4.39 Å². The van der Waals surface area contributed by atoms with Crippen LogP contribution >= 0.6 is 0 Å². The molecule has 2 aromatic carbocycles. The number of hydrogen-bond donors (Lipinski definition) is 0. The summed E-state index contributed by atoms with van der Waals surface area (Å²) in [5.74, 6) is 0.677. The molecule has 1 aliphatic carbocycles. The molecule has 140 valence electrons. The molecule has 0 fully saturated rings. The largest absolute Gasteiger partial charge is 0.207 e. The summed E-state index contributed by atoms with van der Waals surface area (Å²) in [6.07, 6.45) is 11.6. The molecule has 0 nitrogen and oxygen atoms in total. The van der Waals surface area contributed by atoms with Gasteiger partial charge < -0.3 is 0 Å². The van der Waals surface area contributed by atoms with Gasteiger partial charge in [-0.15, -0.1) is 0 Å². The second-order valence-electron chi connectivity index (χ2n) is 7.99. The van der Waals surface area contributed by atoms with E-state index in [1.807, 2.05) is 6.07 Å². The van der Waals surface area contributed by atoms with Gasteiger partial charge in [-0.3, -0.25) is 0 Å². The van der Waals surface area contributed by atoms with Crippen molar-refractivity contribution in [3.8, 4) is 0 Å². The molecule has 1 unspecified atom stereocenters. The van der Waals surface area contributed by atoms with E-state index in [9.17, 15) is 4.39 Å². The van der Waals surface area contributed by atoms with Crippen LogP contribution in [0.25, 0.3) is 0 Å². The second kappa shape index (κ2) is 9.35. The molecular formula is C25H33F. The normalized spacial score (nSPS) is 16.5. The zero-order valence-corrected chi connectivity index (χ0v) is 16.5. The highest BCUT2D eigenvalue weighted by molar-refractivity contribution is 5.34. The molecule has 0 aliphatic heterocycles. The number of rotatable bonds is 8. The smallest absolute Gasteiger partial charge is 0.126 e. The maximum atomic E-state index is 14.2. The Morgan fingerprint density at radius 3 is 2.54 bits per heavy atom. The molecular weight excluding hydrogens is 319 g/mol. The summed E-state index contributed by atoms with van der Waals surface area (Å²) in [4.78, 5) is 0. The van der Waals surface area contributed by atoms with Gasteiger partial charge in [0.2, 0.25) is 0 Å². The van der Waals surface area contributed by atoms with Crippen LogP contribution in [0, 0.1) is 11.7 Å². The average molecular weight is 353 g/mol. The quantitative estimate of drug-likeness (QED) is 0.455. The molecule has 2 aromatic rings. The van der Waals surface area contributed by atoms with E-state index in [1.54, 1.807) is 11.6 Å². The Bertz CT molecular complexity index is 716. The maximum Gasteiger partial charge on any atom is 0.126 e. The van der Waals surface area contributed by atoms with Crippen LogP contribution in [0.2, 0.25) is 0 Å².